The van der Waals surface area contributed by atoms with Crippen molar-refractivity contribution in [2.75, 3.05) is 4.90 Å². The van der Waals surface area contributed by atoms with E-state index in [-0.39, 0.29) is 87.1 Å². The molecule has 0 saturated heterocycles. The average Bonchev–Trinajstić information content (AvgIpc) is 3.59. The van der Waals surface area contributed by atoms with Crippen LogP contribution in [0.3, 0.4) is 0 Å². The van der Waals surface area contributed by atoms with Crippen molar-refractivity contribution in [1.29, 1.82) is 0 Å². The molecule has 51 heavy (non-hydrogen) atoms. The summed E-state index contributed by atoms with van der Waals surface area (Å²) < 4.78 is 0. The molecule has 1 amide bonds. The topological polar surface area (TPSA) is 99.9 Å². The van der Waals surface area contributed by atoms with Crippen molar-refractivity contribution in [2.45, 2.75) is 47.3 Å². The second-order valence-corrected chi connectivity index (χ2v) is 11.0. The predicted octanol–water partition coefficient (Wildman–Crippen LogP) is 6.64. The normalized spacial score (nSPS) is 12.9. The number of hydrogen-bond donors (Lipinski definition) is 1. The van der Waals surface area contributed by atoms with Crippen LogP contribution in [0.25, 0.3) is 21.7 Å². The Hall–Kier alpha value is -4.08. The van der Waals surface area contributed by atoms with Gasteiger partial charge in [0.1, 0.15) is 13.1 Å². The van der Waals surface area contributed by atoms with Gasteiger partial charge in [0.25, 0.3) is 5.91 Å². The summed E-state index contributed by atoms with van der Waals surface area (Å²) in [5.74, 6) is -1.25. The molecule has 5 aromatic carbocycles. The molecule has 1 aromatic heterocycles. The molecule has 3 aliphatic rings. The molecule has 0 unspecified atom stereocenters. The number of fused-ring (bicyclic) bond motifs is 6. The van der Waals surface area contributed by atoms with Crippen molar-refractivity contribution in [3.63, 3.8) is 0 Å². The van der Waals surface area contributed by atoms with E-state index in [0.717, 1.165) is 39.1 Å². The van der Waals surface area contributed by atoms with Crippen molar-refractivity contribution in [2.24, 2.45) is 4.99 Å². The van der Waals surface area contributed by atoms with E-state index >= 15 is 0 Å². The number of amidine groups is 1. The number of amides is 1. The van der Waals surface area contributed by atoms with Crippen LogP contribution in [0.5, 0.6) is 5.75 Å². The summed E-state index contributed by atoms with van der Waals surface area (Å²) in [7, 11) is 2.00. The van der Waals surface area contributed by atoms with Gasteiger partial charge in [-0.2, -0.15) is 0 Å². The van der Waals surface area contributed by atoms with Gasteiger partial charge in [0, 0.05) is 27.8 Å². The molecule has 0 fully saturated rings. The molecular weight excluding hydrogens is 707 g/mol. The summed E-state index contributed by atoms with van der Waals surface area (Å²) in [4.78, 5) is 48.5. The second kappa shape index (κ2) is 17.9. The Morgan fingerprint density at radius 3 is 1.84 bits per heavy atom. The fourth-order valence-electron chi connectivity index (χ4n) is 6.07. The van der Waals surface area contributed by atoms with Crippen molar-refractivity contribution < 1.29 is 77.7 Å². The predicted molar refractivity (Wildman–Crippen MR) is 204 cm³/mol. The molecule has 0 bridgehead atoms. The molecule has 1 aliphatic carbocycles. The van der Waals surface area contributed by atoms with E-state index in [2.05, 4.69) is 23.2 Å². The zero-order valence-corrected chi connectivity index (χ0v) is 35.0. The molecule has 9 rings (SSSR count). The van der Waals surface area contributed by atoms with Crippen molar-refractivity contribution in [3.05, 3.63) is 143 Å². The molecule has 249 valence electrons. The molecule has 0 spiro atoms. The number of carbonyl (C=O) groups is 3. The molecule has 3 heterocycles. The maximum Gasteiger partial charge on any atom is 1.00 e. The Morgan fingerprint density at radius 1 is 0.686 bits per heavy atom. The van der Waals surface area contributed by atoms with E-state index in [1.807, 2.05) is 97.2 Å². The number of aromatic nitrogens is 1. The van der Waals surface area contributed by atoms with Crippen molar-refractivity contribution in [1.82, 2.24) is 4.98 Å². The number of pyridine rings is 1. The smallest absolute Gasteiger partial charge is 0.526 e. The van der Waals surface area contributed by atoms with Crippen LogP contribution in [-0.4, -0.2) is 40.7 Å². The molecule has 2 aliphatic heterocycles. The van der Waals surface area contributed by atoms with Gasteiger partial charge in [0.05, 0.1) is 28.6 Å². The Bertz CT molecular complexity index is 2230. The molecule has 0 atom stereocenters. The number of rotatable bonds is 1. The number of carbonyl (C=O) groups excluding carboxylic acids is 3. The largest absolute Gasteiger partial charge is 1.00 e. The number of aliphatic imine (C=N–C) groups is 1. The van der Waals surface area contributed by atoms with E-state index in [1.54, 1.807) is 53.4 Å². The molecular formula is C42H38BN3O4Rb. The number of Topliss-reactive ketones (excluding diaryl/α,β-unsaturated/α-hetero) is 2. The van der Waals surface area contributed by atoms with Crippen LogP contribution < -0.4 is 63.1 Å². The first-order chi connectivity index (χ1) is 24.4. The fraction of sp³-hybridized carbons (Fsp3) is 0.167. The van der Waals surface area contributed by atoms with E-state index in [4.69, 9.17) is 4.99 Å². The third-order valence-electron chi connectivity index (χ3n) is 8.04. The Morgan fingerprint density at radius 2 is 1.22 bits per heavy atom. The fourth-order valence-corrected chi connectivity index (χ4v) is 6.07. The third-order valence-corrected chi connectivity index (χ3v) is 8.04. The van der Waals surface area contributed by atoms with Gasteiger partial charge in [-0.3, -0.25) is 19.3 Å². The number of nitrogens with zero attached hydrogens (tertiary/aromatic N) is 3. The quantitative estimate of drug-likeness (QED) is 0.116. The molecule has 9 heteroatoms. The Balaban J connectivity index is 0.000000192. The van der Waals surface area contributed by atoms with E-state index in [1.165, 1.54) is 0 Å². The summed E-state index contributed by atoms with van der Waals surface area (Å²) >= 11 is 0. The molecule has 1 N–H and O–H groups in total. The third kappa shape index (κ3) is 7.47. The molecule has 0 saturated carbocycles. The van der Waals surface area contributed by atoms with E-state index < -0.39 is 5.92 Å². The number of benzene rings is 5. The summed E-state index contributed by atoms with van der Waals surface area (Å²) in [5, 5.41) is 13.0. The average molecular weight is 745 g/mol. The summed E-state index contributed by atoms with van der Waals surface area (Å²) in [5.41, 5.74) is 4.92. The van der Waals surface area contributed by atoms with Gasteiger partial charge in [-0.1, -0.05) is 126 Å². The summed E-state index contributed by atoms with van der Waals surface area (Å²) in [6.07, 6.45) is 0. The van der Waals surface area contributed by atoms with Crippen LogP contribution >= 0.6 is 0 Å². The van der Waals surface area contributed by atoms with Crippen molar-refractivity contribution in [3.8, 4) is 5.75 Å². The van der Waals surface area contributed by atoms with Crippen LogP contribution in [0.4, 0.5) is 11.4 Å². The minimum Gasteiger partial charge on any atom is -0.526 e. The first-order valence-corrected chi connectivity index (χ1v) is 16.9. The van der Waals surface area contributed by atoms with Gasteiger partial charge in [0.2, 0.25) is 0 Å². The van der Waals surface area contributed by atoms with Crippen LogP contribution in [0.2, 0.25) is 13.6 Å². The second-order valence-electron chi connectivity index (χ2n) is 11.0. The van der Waals surface area contributed by atoms with Gasteiger partial charge < -0.3 is 10.1 Å². The standard InChI is InChI=1S/C18H10N2O.C18H10NO3.C2H6B.2C2H6.Rb/c21-18-13-8-2-1-7-12(13)17-19-14-9-3-5-11-6-4-10-15(16(11)14)20(17)18;20-14-9-10-5-1-4-8-13(10)19-16(14)15-17(21)11-6-2-3-7-12(11)18(15)22;1-3-2;2*1-2;/h1-10H;1-8,15,20H;1-2H3;2*1-2H3;/q;-1;;;;+1. The van der Waals surface area contributed by atoms with Gasteiger partial charge in [-0.25, -0.2) is 4.99 Å². The number of hydrogen-bond acceptors (Lipinski definition) is 6. The van der Waals surface area contributed by atoms with Crippen LogP contribution in [-0.2, 0) is 0 Å². The van der Waals surface area contributed by atoms with Gasteiger partial charge >= 0.3 is 58.2 Å². The zero-order valence-electron chi connectivity index (χ0n) is 30.1. The molecule has 1 radical (unpaired) electrons. The summed E-state index contributed by atoms with van der Waals surface area (Å²) in [6.45, 7) is 12.0. The number of ketones is 2. The van der Waals surface area contributed by atoms with Crippen LogP contribution in [0.15, 0.2) is 114 Å². The minimum absolute atomic E-state index is 0. The molecule has 7 nitrogen and oxygen atoms in total. The van der Waals surface area contributed by atoms with Crippen LogP contribution in [0.1, 0.15) is 75.9 Å². The van der Waals surface area contributed by atoms with E-state index in [9.17, 15) is 19.5 Å². The van der Waals surface area contributed by atoms with Crippen LogP contribution in [0, 0.1) is 6.07 Å². The Labute approximate surface area is 348 Å². The number of anilines is 1. The maximum absolute atomic E-state index is 12.7. The SMILES string of the molecule is CC.CC.C[B]C.O=C1c2ccccc2C(=O)C1c1nc2ccccc2[c-]c1O.O=C1c2ccccc2C2=Nc3cccc4cccc(c34)N12.[Rb+]. The zero-order chi connectivity index (χ0) is 35.9. The van der Waals surface area contributed by atoms with Crippen molar-refractivity contribution >= 4 is 63.6 Å². The van der Waals surface area contributed by atoms with E-state index in [0.29, 0.717) is 22.0 Å². The first-order valence-electron chi connectivity index (χ1n) is 16.9. The summed E-state index contributed by atoms with van der Waals surface area (Å²) in [6, 6.07) is 36.3. The molecule has 6 aromatic rings. The minimum atomic E-state index is -1.08. The van der Waals surface area contributed by atoms with Gasteiger partial charge in [-0.05, 0) is 29.1 Å². The monoisotopic (exact) mass is 744 g/mol. The maximum atomic E-state index is 12.7. The number of para-hydroxylation sites is 1. The van der Waals surface area contributed by atoms with Gasteiger partial charge in [0.15, 0.2) is 11.6 Å². The Kier molecular flexibility index (Phi) is 13.9. The van der Waals surface area contributed by atoms with Gasteiger partial charge in [-0.15, -0.1) is 17.5 Å². The number of aromatic hydroxyl groups is 1. The first kappa shape index (κ1) is 39.7.